The van der Waals surface area contributed by atoms with E-state index in [4.69, 9.17) is 5.11 Å². The molecule has 0 radical (unpaired) electrons. The van der Waals surface area contributed by atoms with Crippen molar-refractivity contribution in [3.63, 3.8) is 0 Å². The normalized spacial score (nSPS) is 10.8. The summed E-state index contributed by atoms with van der Waals surface area (Å²) in [5, 5.41) is 18.1. The summed E-state index contributed by atoms with van der Waals surface area (Å²) >= 11 is 0. The third-order valence-electron chi connectivity index (χ3n) is 4.02. The fourth-order valence-corrected chi connectivity index (χ4v) is 2.82. The van der Waals surface area contributed by atoms with Gasteiger partial charge in [-0.05, 0) is 17.7 Å². The summed E-state index contributed by atoms with van der Waals surface area (Å²) in [4.78, 5) is 34.7. The molecule has 1 heterocycles. The van der Waals surface area contributed by atoms with Crippen LogP contribution in [0.3, 0.4) is 0 Å². The number of hydrogen-bond donors (Lipinski definition) is 2. The molecule has 3 aromatic rings. The van der Waals surface area contributed by atoms with Gasteiger partial charge in [-0.15, -0.1) is 0 Å². The number of nitrogens with zero attached hydrogens (tertiary/aromatic N) is 1. The lowest BCUT2D eigenvalue weighted by Crippen LogP contribution is -2.20. The van der Waals surface area contributed by atoms with E-state index in [0.29, 0.717) is 0 Å². The Bertz CT molecular complexity index is 1070. The molecule has 0 atom stereocenters. The quantitative estimate of drug-likeness (QED) is 0.733. The molecule has 0 aliphatic heterocycles. The van der Waals surface area contributed by atoms with Crippen LogP contribution in [-0.4, -0.2) is 26.7 Å². The maximum absolute atomic E-state index is 14.2. The van der Waals surface area contributed by atoms with Gasteiger partial charge in [0.25, 0.3) is 0 Å². The topological polar surface area (TPSA) is 96.6 Å². The zero-order chi connectivity index (χ0) is 18.8. The zero-order valence-electron chi connectivity index (χ0n) is 13.5. The lowest BCUT2D eigenvalue weighted by molar-refractivity contribution is -0.136. The first-order chi connectivity index (χ1) is 12.4. The van der Waals surface area contributed by atoms with Crippen molar-refractivity contribution in [3.8, 4) is 0 Å². The highest BCUT2D eigenvalue weighted by Crippen LogP contribution is 2.20. The van der Waals surface area contributed by atoms with Crippen LogP contribution in [-0.2, 0) is 17.8 Å². The molecule has 7 heteroatoms. The molecule has 0 aliphatic rings. The van der Waals surface area contributed by atoms with E-state index in [1.54, 1.807) is 0 Å². The predicted molar refractivity (Wildman–Crippen MR) is 92.0 cm³/mol. The first kappa shape index (κ1) is 17.3. The molecule has 6 nitrogen and oxygen atoms in total. The molecule has 0 aliphatic carbocycles. The molecule has 2 aromatic carbocycles. The van der Waals surface area contributed by atoms with Gasteiger partial charge in [0.1, 0.15) is 11.4 Å². The van der Waals surface area contributed by atoms with E-state index in [-0.39, 0.29) is 23.0 Å². The van der Waals surface area contributed by atoms with E-state index >= 15 is 0 Å². The van der Waals surface area contributed by atoms with Gasteiger partial charge in [0, 0.05) is 23.7 Å². The fourth-order valence-electron chi connectivity index (χ4n) is 2.82. The molecular weight excluding hydrogens is 341 g/mol. The smallest absolute Gasteiger partial charge is 0.341 e. The third kappa shape index (κ3) is 3.32. The highest BCUT2D eigenvalue weighted by molar-refractivity contribution is 5.93. The largest absolute Gasteiger partial charge is 0.481 e. The highest BCUT2D eigenvalue weighted by Gasteiger charge is 2.18. The molecule has 0 amide bonds. The van der Waals surface area contributed by atoms with Crippen LogP contribution < -0.4 is 5.43 Å². The number of benzene rings is 2. The van der Waals surface area contributed by atoms with Crippen molar-refractivity contribution < 1.29 is 24.2 Å². The van der Waals surface area contributed by atoms with Gasteiger partial charge < -0.3 is 14.8 Å². The predicted octanol–water partition coefficient (Wildman–Crippen LogP) is 2.51. The summed E-state index contributed by atoms with van der Waals surface area (Å²) in [6.07, 6.45) is 0.657. The molecular formula is C19H14FNO5. The summed E-state index contributed by atoms with van der Waals surface area (Å²) < 4.78 is 15.7. The maximum atomic E-state index is 14.2. The molecule has 0 fully saturated rings. The van der Waals surface area contributed by atoms with Crippen LogP contribution in [0.5, 0.6) is 0 Å². The van der Waals surface area contributed by atoms with Crippen LogP contribution in [0.2, 0.25) is 0 Å². The number of aromatic carboxylic acids is 1. The maximum Gasteiger partial charge on any atom is 0.341 e. The number of carbonyl (C=O) groups is 2. The van der Waals surface area contributed by atoms with Crippen molar-refractivity contribution in [1.82, 2.24) is 4.57 Å². The summed E-state index contributed by atoms with van der Waals surface area (Å²) in [6.45, 7) is 0.246. The second-order valence-electron chi connectivity index (χ2n) is 5.82. The Morgan fingerprint density at radius 1 is 1.08 bits per heavy atom. The number of pyridine rings is 1. The van der Waals surface area contributed by atoms with E-state index in [1.807, 2.05) is 30.3 Å². The van der Waals surface area contributed by atoms with E-state index in [0.717, 1.165) is 11.6 Å². The number of carboxylic acid groups (broad SMARTS) is 2. The van der Waals surface area contributed by atoms with Gasteiger partial charge in [-0.2, -0.15) is 0 Å². The van der Waals surface area contributed by atoms with Crippen molar-refractivity contribution in [2.75, 3.05) is 0 Å². The Morgan fingerprint density at radius 3 is 2.38 bits per heavy atom. The van der Waals surface area contributed by atoms with Gasteiger partial charge in [0.05, 0.1) is 11.9 Å². The lowest BCUT2D eigenvalue weighted by atomic mass is 10.0. The number of fused-ring (bicyclic) bond motifs is 1. The molecule has 0 saturated heterocycles. The first-order valence-electron chi connectivity index (χ1n) is 7.71. The van der Waals surface area contributed by atoms with Crippen molar-refractivity contribution in [2.45, 2.75) is 13.0 Å². The molecule has 0 unspecified atom stereocenters. The van der Waals surface area contributed by atoms with E-state index in [9.17, 15) is 23.9 Å². The number of halogens is 1. The zero-order valence-corrected chi connectivity index (χ0v) is 13.5. The second-order valence-corrected chi connectivity index (χ2v) is 5.82. The number of carboxylic acids is 2. The summed E-state index contributed by atoms with van der Waals surface area (Å²) in [7, 11) is 0. The van der Waals surface area contributed by atoms with Crippen LogP contribution >= 0.6 is 0 Å². The van der Waals surface area contributed by atoms with Crippen molar-refractivity contribution in [3.05, 3.63) is 81.4 Å². The van der Waals surface area contributed by atoms with Crippen molar-refractivity contribution >= 4 is 22.8 Å². The molecule has 0 bridgehead atoms. The Balaban J connectivity index is 2.28. The summed E-state index contributed by atoms with van der Waals surface area (Å²) in [5.74, 6) is -3.47. The molecule has 2 N–H and O–H groups in total. The average Bonchev–Trinajstić information content (AvgIpc) is 2.59. The van der Waals surface area contributed by atoms with Gasteiger partial charge >= 0.3 is 11.9 Å². The fraction of sp³-hybridized carbons (Fsp3) is 0.105. The Morgan fingerprint density at radius 2 is 1.77 bits per heavy atom. The second kappa shape index (κ2) is 6.79. The summed E-state index contributed by atoms with van der Waals surface area (Å²) in [6, 6.07) is 11.3. The summed E-state index contributed by atoms with van der Waals surface area (Å²) in [5.41, 5.74) is -0.231. The highest BCUT2D eigenvalue weighted by atomic mass is 19.1. The van der Waals surface area contributed by atoms with Gasteiger partial charge in [0.2, 0.25) is 5.43 Å². The van der Waals surface area contributed by atoms with Gasteiger partial charge in [0.15, 0.2) is 0 Å². The Hall–Kier alpha value is -3.48. The molecule has 0 spiro atoms. The number of aliphatic carboxylic acids is 1. The van der Waals surface area contributed by atoms with Crippen molar-refractivity contribution in [2.24, 2.45) is 0 Å². The number of aromatic nitrogens is 1. The van der Waals surface area contributed by atoms with Crippen LogP contribution in [0, 0.1) is 5.82 Å². The Labute approximate surface area is 146 Å². The molecule has 1 aromatic heterocycles. The van der Waals surface area contributed by atoms with Gasteiger partial charge in [-0.25, -0.2) is 9.18 Å². The molecule has 0 saturated carbocycles. The van der Waals surface area contributed by atoms with E-state index < -0.39 is 35.2 Å². The number of hydrogen-bond acceptors (Lipinski definition) is 3. The molecule has 3 rings (SSSR count). The standard InChI is InChI=1S/C19H14FNO5/c20-15-8-13-16(6-12(15)7-17(22)23)21(9-11-4-2-1-3-5-11)10-14(18(13)24)19(25)26/h1-6,8,10H,7,9H2,(H,22,23)(H,25,26). The number of rotatable bonds is 5. The Kier molecular flexibility index (Phi) is 4.53. The van der Waals surface area contributed by atoms with Gasteiger partial charge in [-0.3, -0.25) is 9.59 Å². The van der Waals surface area contributed by atoms with E-state index in [1.165, 1.54) is 16.8 Å². The minimum absolute atomic E-state index is 0.0747. The van der Waals surface area contributed by atoms with Crippen LogP contribution in [0.15, 0.2) is 53.5 Å². The molecule has 132 valence electrons. The molecule has 26 heavy (non-hydrogen) atoms. The SMILES string of the molecule is O=C(O)Cc1cc2c(cc1F)c(=O)c(C(=O)O)cn2Cc1ccccc1. The minimum atomic E-state index is -1.41. The van der Waals surface area contributed by atoms with Gasteiger partial charge in [-0.1, -0.05) is 30.3 Å². The van der Waals surface area contributed by atoms with Crippen LogP contribution in [0.25, 0.3) is 10.9 Å². The average molecular weight is 355 g/mol. The third-order valence-corrected chi connectivity index (χ3v) is 4.02. The lowest BCUT2D eigenvalue weighted by Gasteiger charge is -2.14. The van der Waals surface area contributed by atoms with Crippen LogP contribution in [0.1, 0.15) is 21.5 Å². The van der Waals surface area contributed by atoms with Crippen LogP contribution in [0.4, 0.5) is 4.39 Å². The monoisotopic (exact) mass is 355 g/mol. The first-order valence-corrected chi connectivity index (χ1v) is 7.71. The van der Waals surface area contributed by atoms with Crippen molar-refractivity contribution in [1.29, 1.82) is 0 Å². The minimum Gasteiger partial charge on any atom is -0.481 e. The van der Waals surface area contributed by atoms with E-state index in [2.05, 4.69) is 0 Å².